The number of ether oxygens (including phenoxy) is 1. The third-order valence-corrected chi connectivity index (χ3v) is 4.50. The molecule has 0 spiro atoms. The second-order valence-corrected chi connectivity index (χ2v) is 6.55. The molecular formula is C12H16N2O8S. The smallest absolute Gasteiger partial charge is 0.293 e. The number of nitrogens with zero attached hydrogens (tertiary/aromatic N) is 1. The number of amides is 1. The van der Waals surface area contributed by atoms with Crippen LogP contribution >= 0.6 is 0 Å². The summed E-state index contributed by atoms with van der Waals surface area (Å²) in [4.78, 5) is 21.3. The fourth-order valence-corrected chi connectivity index (χ4v) is 2.74. The van der Waals surface area contributed by atoms with E-state index in [1.54, 1.807) is 4.72 Å². The molecular weight excluding hydrogens is 332 g/mol. The number of nitro benzene ring substituents is 1. The van der Waals surface area contributed by atoms with Crippen molar-refractivity contribution in [2.75, 3.05) is 20.3 Å². The van der Waals surface area contributed by atoms with E-state index < -0.39 is 50.1 Å². The normalized spacial score (nSPS) is 11.8. The lowest BCUT2D eigenvalue weighted by atomic mass is 9.92. The van der Waals surface area contributed by atoms with Crippen LogP contribution in [0.15, 0.2) is 23.1 Å². The number of rotatable bonds is 7. The molecule has 0 aliphatic carbocycles. The van der Waals surface area contributed by atoms with Crippen LogP contribution in [0.3, 0.4) is 0 Å². The van der Waals surface area contributed by atoms with Crippen LogP contribution in [0.5, 0.6) is 5.75 Å². The molecule has 0 radical (unpaired) electrons. The summed E-state index contributed by atoms with van der Waals surface area (Å²) in [7, 11) is -3.33. The minimum Gasteiger partial charge on any atom is -0.497 e. The van der Waals surface area contributed by atoms with Crippen LogP contribution in [-0.4, -0.2) is 49.8 Å². The molecule has 0 unspecified atom stereocenters. The zero-order chi connectivity index (χ0) is 17.8. The van der Waals surface area contributed by atoms with Crippen molar-refractivity contribution in [1.82, 2.24) is 4.72 Å². The summed E-state index contributed by atoms with van der Waals surface area (Å²) >= 11 is 0. The first-order valence-corrected chi connectivity index (χ1v) is 7.71. The zero-order valence-electron chi connectivity index (χ0n) is 12.3. The minimum atomic E-state index is -4.58. The number of hydrogen-bond acceptors (Lipinski definition) is 8. The SMILES string of the molecule is COc1ccc(S(=O)(=O)NC(=O)C(C)(CO)CO)c([N+](=O)[O-])c1. The predicted molar refractivity (Wildman–Crippen MR) is 77.3 cm³/mol. The van der Waals surface area contributed by atoms with Crippen LogP contribution in [0.25, 0.3) is 0 Å². The van der Waals surface area contributed by atoms with Crippen LogP contribution in [-0.2, 0) is 14.8 Å². The summed E-state index contributed by atoms with van der Waals surface area (Å²) in [6.45, 7) is -0.481. The second kappa shape index (κ2) is 6.89. The van der Waals surface area contributed by atoms with E-state index in [2.05, 4.69) is 0 Å². The lowest BCUT2D eigenvalue weighted by molar-refractivity contribution is -0.387. The molecule has 1 aromatic carbocycles. The molecule has 0 aromatic heterocycles. The molecule has 0 aliphatic heterocycles. The Morgan fingerprint density at radius 2 is 1.96 bits per heavy atom. The number of aliphatic hydroxyl groups is 2. The summed E-state index contributed by atoms with van der Waals surface area (Å²) in [5.74, 6) is -1.12. The van der Waals surface area contributed by atoms with Crippen LogP contribution in [0.2, 0.25) is 0 Å². The van der Waals surface area contributed by atoms with Crippen molar-refractivity contribution in [3.05, 3.63) is 28.3 Å². The highest BCUT2D eigenvalue weighted by molar-refractivity contribution is 7.90. The van der Waals surface area contributed by atoms with Crippen molar-refractivity contribution in [2.24, 2.45) is 5.41 Å². The summed E-state index contributed by atoms with van der Waals surface area (Å²) < 4.78 is 30.8. The highest BCUT2D eigenvalue weighted by atomic mass is 32.2. The van der Waals surface area contributed by atoms with Gasteiger partial charge in [0.05, 0.1) is 36.7 Å². The first kappa shape index (κ1) is 18.8. The first-order chi connectivity index (χ1) is 10.6. The number of sulfonamides is 1. The molecule has 0 aliphatic rings. The third kappa shape index (κ3) is 3.94. The second-order valence-electron chi connectivity index (χ2n) is 4.90. The maximum atomic E-state index is 12.2. The van der Waals surface area contributed by atoms with Gasteiger partial charge in [-0.1, -0.05) is 0 Å². The number of carbonyl (C=O) groups is 1. The summed E-state index contributed by atoms with van der Waals surface area (Å²) in [6.07, 6.45) is 0. The van der Waals surface area contributed by atoms with E-state index in [0.29, 0.717) is 0 Å². The molecule has 3 N–H and O–H groups in total. The van der Waals surface area contributed by atoms with Crippen LogP contribution < -0.4 is 9.46 Å². The molecule has 1 rings (SSSR count). The van der Waals surface area contributed by atoms with Gasteiger partial charge in [-0.2, -0.15) is 0 Å². The third-order valence-electron chi connectivity index (χ3n) is 3.13. The van der Waals surface area contributed by atoms with Gasteiger partial charge in [0.15, 0.2) is 4.90 Å². The molecule has 0 fully saturated rings. The Kier molecular flexibility index (Phi) is 5.64. The Morgan fingerprint density at radius 1 is 1.39 bits per heavy atom. The molecule has 0 atom stereocenters. The lowest BCUT2D eigenvalue weighted by Gasteiger charge is -2.23. The summed E-state index contributed by atoms with van der Waals surface area (Å²) in [5.41, 5.74) is -2.53. The van der Waals surface area contributed by atoms with Gasteiger partial charge in [0.25, 0.3) is 15.7 Å². The van der Waals surface area contributed by atoms with Crippen molar-refractivity contribution in [1.29, 1.82) is 0 Å². The van der Waals surface area contributed by atoms with E-state index in [1.165, 1.54) is 13.2 Å². The average molecular weight is 348 g/mol. The molecule has 11 heteroatoms. The quantitative estimate of drug-likeness (QED) is 0.435. The minimum absolute atomic E-state index is 0.0672. The Labute approximate surface area is 131 Å². The number of benzene rings is 1. The molecule has 0 heterocycles. The van der Waals surface area contributed by atoms with Crippen LogP contribution in [0.1, 0.15) is 6.92 Å². The fourth-order valence-electron chi connectivity index (χ4n) is 1.49. The van der Waals surface area contributed by atoms with Crippen molar-refractivity contribution < 1.29 is 33.1 Å². The standard InChI is InChI=1S/C12H16N2O8S/c1-12(6-15,7-16)11(17)13-23(20,21)10-4-3-8(22-2)5-9(10)14(18)19/h3-5,15-16H,6-7H2,1-2H3,(H,13,17). The molecule has 128 valence electrons. The van der Waals surface area contributed by atoms with Gasteiger partial charge in [-0.25, -0.2) is 13.1 Å². The average Bonchev–Trinajstić information content (AvgIpc) is 2.52. The summed E-state index contributed by atoms with van der Waals surface area (Å²) in [6, 6.07) is 3.00. The van der Waals surface area contributed by atoms with Gasteiger partial charge in [0.2, 0.25) is 5.91 Å². The Balaban J connectivity index is 3.29. The summed E-state index contributed by atoms with van der Waals surface area (Å²) in [5, 5.41) is 29.2. The van der Waals surface area contributed by atoms with Crippen molar-refractivity contribution in [3.8, 4) is 5.75 Å². The number of nitrogens with one attached hydrogen (secondary N) is 1. The van der Waals surface area contributed by atoms with Gasteiger partial charge in [-0.15, -0.1) is 0 Å². The molecule has 1 amide bonds. The number of carbonyl (C=O) groups excluding carboxylic acids is 1. The maximum absolute atomic E-state index is 12.2. The van der Waals surface area contributed by atoms with E-state index in [4.69, 9.17) is 14.9 Å². The number of nitro groups is 1. The van der Waals surface area contributed by atoms with Crippen LogP contribution in [0, 0.1) is 15.5 Å². The van der Waals surface area contributed by atoms with Crippen LogP contribution in [0.4, 0.5) is 5.69 Å². The molecule has 0 saturated carbocycles. The van der Waals surface area contributed by atoms with Gasteiger partial charge in [-0.3, -0.25) is 14.9 Å². The van der Waals surface area contributed by atoms with E-state index in [0.717, 1.165) is 19.1 Å². The van der Waals surface area contributed by atoms with Gasteiger partial charge < -0.3 is 14.9 Å². The molecule has 0 saturated heterocycles. The Morgan fingerprint density at radius 3 is 2.39 bits per heavy atom. The van der Waals surface area contributed by atoms with E-state index in [1.807, 2.05) is 0 Å². The largest absolute Gasteiger partial charge is 0.497 e. The fraction of sp³-hybridized carbons (Fsp3) is 0.417. The molecule has 10 nitrogen and oxygen atoms in total. The van der Waals surface area contributed by atoms with Gasteiger partial charge in [0.1, 0.15) is 5.75 Å². The molecule has 1 aromatic rings. The van der Waals surface area contributed by atoms with Crippen molar-refractivity contribution in [2.45, 2.75) is 11.8 Å². The van der Waals surface area contributed by atoms with Gasteiger partial charge in [0, 0.05) is 0 Å². The zero-order valence-corrected chi connectivity index (χ0v) is 13.2. The monoisotopic (exact) mass is 348 g/mol. The number of methoxy groups -OCH3 is 1. The Bertz CT molecular complexity index is 712. The van der Waals surface area contributed by atoms with Crippen molar-refractivity contribution >= 4 is 21.6 Å². The predicted octanol–water partition coefficient (Wildman–Crippen LogP) is -0.601. The van der Waals surface area contributed by atoms with E-state index >= 15 is 0 Å². The topological polar surface area (TPSA) is 156 Å². The lowest BCUT2D eigenvalue weighted by Crippen LogP contribution is -2.46. The first-order valence-electron chi connectivity index (χ1n) is 6.22. The van der Waals surface area contributed by atoms with Gasteiger partial charge in [-0.05, 0) is 19.1 Å². The molecule has 23 heavy (non-hydrogen) atoms. The van der Waals surface area contributed by atoms with Crippen molar-refractivity contribution in [3.63, 3.8) is 0 Å². The number of aliphatic hydroxyl groups excluding tert-OH is 2. The van der Waals surface area contributed by atoms with E-state index in [9.17, 15) is 23.3 Å². The Hall–Kier alpha value is -2.24. The maximum Gasteiger partial charge on any atom is 0.293 e. The van der Waals surface area contributed by atoms with Gasteiger partial charge >= 0.3 is 0 Å². The highest BCUT2D eigenvalue weighted by Gasteiger charge is 2.37. The highest BCUT2D eigenvalue weighted by Crippen LogP contribution is 2.28. The van der Waals surface area contributed by atoms with E-state index in [-0.39, 0.29) is 5.75 Å². The molecule has 0 bridgehead atoms. The number of hydrogen-bond donors (Lipinski definition) is 3.